The third-order valence-electron chi connectivity index (χ3n) is 4.41. The Morgan fingerprint density at radius 1 is 0.938 bits per heavy atom. The lowest BCUT2D eigenvalue weighted by Gasteiger charge is -2.10. The van der Waals surface area contributed by atoms with E-state index in [0.29, 0.717) is 24.0 Å². The van der Waals surface area contributed by atoms with Crippen LogP contribution in [0.15, 0.2) is 60.7 Å². The van der Waals surface area contributed by atoms with Crippen LogP contribution in [0.4, 0.5) is 13.2 Å². The lowest BCUT2D eigenvalue weighted by molar-refractivity contribution is -0.122. The van der Waals surface area contributed by atoms with E-state index in [4.69, 9.17) is 14.6 Å². The second kappa shape index (κ2) is 13.4. The summed E-state index contributed by atoms with van der Waals surface area (Å²) in [6.07, 6.45) is 1.02. The van der Waals surface area contributed by atoms with Crippen LogP contribution in [0, 0.1) is 17.5 Å². The van der Waals surface area contributed by atoms with E-state index in [9.17, 15) is 13.2 Å². The Bertz CT molecular complexity index is 1000. The molecule has 4 nitrogen and oxygen atoms in total. The molecule has 0 aromatic heterocycles. The number of hydrogen-bond donors (Lipinski definition) is 3. The molecule has 3 aromatic carbocycles. The topological polar surface area (TPSA) is 58.6 Å². The second-order valence-corrected chi connectivity index (χ2v) is 7.19. The van der Waals surface area contributed by atoms with Crippen molar-refractivity contribution < 1.29 is 27.8 Å². The molecule has 0 radical (unpaired) electrons. The van der Waals surface area contributed by atoms with Gasteiger partial charge in [-0.2, -0.15) is 12.6 Å². The van der Waals surface area contributed by atoms with E-state index in [0.717, 1.165) is 36.9 Å². The smallest absolute Gasteiger partial charge is 0.290 e. The molecule has 0 atom stereocenters. The molecule has 0 saturated heterocycles. The number of thiol groups is 1. The van der Waals surface area contributed by atoms with E-state index in [-0.39, 0.29) is 12.0 Å². The van der Waals surface area contributed by atoms with Gasteiger partial charge in [-0.15, -0.1) is 0 Å². The van der Waals surface area contributed by atoms with Crippen molar-refractivity contribution in [2.45, 2.75) is 19.6 Å². The van der Waals surface area contributed by atoms with Crippen molar-refractivity contribution in [1.29, 1.82) is 0 Å². The maximum atomic E-state index is 13.9. The molecule has 0 bridgehead atoms. The minimum Gasteiger partial charge on any atom is -0.489 e. The number of benzene rings is 3. The Hall–Kier alpha value is -2.97. The fourth-order valence-corrected chi connectivity index (χ4v) is 3.07. The summed E-state index contributed by atoms with van der Waals surface area (Å²) in [6.45, 7) is 1.86. The Morgan fingerprint density at radius 2 is 1.59 bits per heavy atom. The van der Waals surface area contributed by atoms with E-state index in [1.54, 1.807) is 24.3 Å². The first-order valence-corrected chi connectivity index (χ1v) is 10.5. The quantitative estimate of drug-likeness (QED) is 0.171. The number of rotatable bonds is 9. The van der Waals surface area contributed by atoms with E-state index in [1.165, 1.54) is 5.56 Å². The Morgan fingerprint density at radius 3 is 2.28 bits per heavy atom. The van der Waals surface area contributed by atoms with Gasteiger partial charge in [0.2, 0.25) is 0 Å². The van der Waals surface area contributed by atoms with Gasteiger partial charge in [0, 0.05) is 18.2 Å². The van der Waals surface area contributed by atoms with Crippen molar-refractivity contribution in [3.63, 3.8) is 0 Å². The third-order valence-corrected chi connectivity index (χ3v) is 4.73. The molecule has 3 aromatic rings. The molecule has 0 fully saturated rings. The summed E-state index contributed by atoms with van der Waals surface area (Å²) >= 11 is 4.19. The molecule has 0 amide bonds. The Labute approximate surface area is 190 Å². The van der Waals surface area contributed by atoms with Crippen molar-refractivity contribution in [1.82, 2.24) is 5.32 Å². The van der Waals surface area contributed by atoms with Gasteiger partial charge in [-0.05, 0) is 53.6 Å². The summed E-state index contributed by atoms with van der Waals surface area (Å²) in [5.74, 6) is -1.62. The normalized spacial score (nSPS) is 10.2. The van der Waals surface area contributed by atoms with Crippen LogP contribution in [0.3, 0.4) is 0 Å². The van der Waals surface area contributed by atoms with E-state index in [1.807, 2.05) is 12.1 Å². The number of halogens is 3. The van der Waals surface area contributed by atoms with Gasteiger partial charge in [0.25, 0.3) is 6.47 Å². The molecular formula is C24H24F3NO3S. The van der Waals surface area contributed by atoms with Crippen LogP contribution in [-0.2, 0) is 17.9 Å². The van der Waals surface area contributed by atoms with E-state index < -0.39 is 17.5 Å². The molecule has 3 rings (SSSR count). The van der Waals surface area contributed by atoms with Crippen LogP contribution >= 0.6 is 12.6 Å². The van der Waals surface area contributed by atoms with Crippen molar-refractivity contribution in [3.05, 3.63) is 89.2 Å². The molecule has 0 saturated carbocycles. The molecule has 170 valence electrons. The van der Waals surface area contributed by atoms with Crippen LogP contribution in [-0.4, -0.2) is 23.9 Å². The molecule has 0 aliphatic rings. The predicted molar refractivity (Wildman–Crippen MR) is 121 cm³/mol. The lowest BCUT2D eigenvalue weighted by Crippen LogP contribution is -2.15. The summed E-state index contributed by atoms with van der Waals surface area (Å²) < 4.78 is 46.2. The highest BCUT2D eigenvalue weighted by Crippen LogP contribution is 2.27. The molecule has 0 spiro atoms. The van der Waals surface area contributed by atoms with Crippen LogP contribution in [0.2, 0.25) is 0 Å². The minimum atomic E-state index is -1.20. The van der Waals surface area contributed by atoms with Gasteiger partial charge < -0.3 is 15.2 Å². The number of nitrogens with one attached hydrogen (secondary N) is 1. The van der Waals surface area contributed by atoms with E-state index in [2.05, 4.69) is 30.1 Å². The first-order chi connectivity index (χ1) is 15.5. The van der Waals surface area contributed by atoms with Gasteiger partial charge in [0.05, 0.1) is 0 Å². The molecule has 0 aliphatic carbocycles. The maximum absolute atomic E-state index is 13.9. The summed E-state index contributed by atoms with van der Waals surface area (Å²) in [5, 5.41) is 10.3. The molecule has 0 unspecified atom stereocenters. The number of ether oxygens (including phenoxy) is 1. The Balaban J connectivity index is 0.00000114. The lowest BCUT2D eigenvalue weighted by atomic mass is 10.0. The average molecular weight is 464 g/mol. The van der Waals surface area contributed by atoms with Gasteiger partial charge in [-0.25, -0.2) is 13.2 Å². The van der Waals surface area contributed by atoms with Gasteiger partial charge in [0.1, 0.15) is 18.2 Å². The van der Waals surface area contributed by atoms with Crippen molar-refractivity contribution in [2.75, 3.05) is 12.3 Å². The maximum Gasteiger partial charge on any atom is 0.290 e. The minimum absolute atomic E-state index is 0.00793. The zero-order valence-electron chi connectivity index (χ0n) is 17.2. The molecular weight excluding hydrogens is 439 g/mol. The average Bonchev–Trinajstić information content (AvgIpc) is 2.79. The predicted octanol–water partition coefficient (Wildman–Crippen LogP) is 5.46. The van der Waals surface area contributed by atoms with Gasteiger partial charge in [-0.3, -0.25) is 4.79 Å². The van der Waals surface area contributed by atoms with Crippen molar-refractivity contribution in [3.8, 4) is 16.9 Å². The van der Waals surface area contributed by atoms with Crippen LogP contribution < -0.4 is 10.1 Å². The summed E-state index contributed by atoms with van der Waals surface area (Å²) in [6, 6.07) is 16.1. The first-order valence-electron chi connectivity index (χ1n) is 9.83. The monoisotopic (exact) mass is 463 g/mol. The van der Waals surface area contributed by atoms with Gasteiger partial charge in [-0.1, -0.05) is 36.4 Å². The molecule has 0 heterocycles. The molecule has 32 heavy (non-hydrogen) atoms. The number of carbonyl (C=O) groups is 1. The highest BCUT2D eigenvalue weighted by Gasteiger charge is 2.11. The number of carboxylic acid groups (broad SMARTS) is 1. The number of hydrogen-bond acceptors (Lipinski definition) is 4. The van der Waals surface area contributed by atoms with Crippen molar-refractivity contribution >= 4 is 19.1 Å². The standard InChI is InChI=1S/C23H22F3NOS.CH2O2/c24-21-13-23(26)22(25)12-20(21)18-5-7-19(8-6-18)28-15-17-4-1-3-16(11-17)14-27-9-2-10-29;2-1-3/h1,3-8,11-13,27,29H,2,9-10,14-15H2;1H,(H,2,3). The van der Waals surface area contributed by atoms with Crippen molar-refractivity contribution in [2.24, 2.45) is 0 Å². The van der Waals surface area contributed by atoms with Gasteiger partial charge in [0.15, 0.2) is 11.6 Å². The highest BCUT2D eigenvalue weighted by atomic mass is 32.1. The van der Waals surface area contributed by atoms with E-state index >= 15 is 0 Å². The van der Waals surface area contributed by atoms with Crippen LogP contribution in [0.1, 0.15) is 17.5 Å². The molecule has 0 aliphatic heterocycles. The van der Waals surface area contributed by atoms with Crippen LogP contribution in [0.25, 0.3) is 11.1 Å². The molecule has 2 N–H and O–H groups in total. The summed E-state index contributed by atoms with van der Waals surface area (Å²) in [5.41, 5.74) is 2.67. The fourth-order valence-electron chi connectivity index (χ4n) is 2.91. The highest BCUT2D eigenvalue weighted by molar-refractivity contribution is 7.80. The SMILES string of the molecule is Fc1cc(F)c(-c2ccc(OCc3cccc(CNCCCS)c3)cc2)cc1F.O=CO. The fraction of sp³-hybridized carbons (Fsp3) is 0.208. The summed E-state index contributed by atoms with van der Waals surface area (Å²) in [7, 11) is 0. The first kappa shape index (κ1) is 25.3. The largest absolute Gasteiger partial charge is 0.489 e. The van der Waals surface area contributed by atoms with Gasteiger partial charge >= 0.3 is 0 Å². The third kappa shape index (κ3) is 7.94. The molecule has 8 heteroatoms. The zero-order valence-corrected chi connectivity index (χ0v) is 18.1. The second-order valence-electron chi connectivity index (χ2n) is 6.74. The summed E-state index contributed by atoms with van der Waals surface area (Å²) in [4.78, 5) is 8.36. The van der Waals surface area contributed by atoms with Crippen LogP contribution in [0.5, 0.6) is 5.75 Å². The Kier molecular flexibility index (Phi) is 10.6. The zero-order chi connectivity index (χ0) is 23.3.